The van der Waals surface area contributed by atoms with Crippen LogP contribution in [-0.4, -0.2) is 41.3 Å². The molecule has 106 valence electrons. The Morgan fingerprint density at radius 2 is 2.16 bits per heavy atom. The van der Waals surface area contributed by atoms with Gasteiger partial charge in [-0.05, 0) is 13.8 Å². The van der Waals surface area contributed by atoms with E-state index in [0.717, 1.165) is 0 Å². The van der Waals surface area contributed by atoms with E-state index in [1.54, 1.807) is 14.2 Å². The minimum absolute atomic E-state index is 0.0451. The summed E-state index contributed by atoms with van der Waals surface area (Å²) in [6, 6.07) is 0. The van der Waals surface area contributed by atoms with Gasteiger partial charge in [-0.3, -0.25) is 10.1 Å². The Labute approximate surface area is 111 Å². The maximum absolute atomic E-state index is 11.0. The van der Waals surface area contributed by atoms with Gasteiger partial charge >= 0.3 is 5.69 Å². The van der Waals surface area contributed by atoms with Gasteiger partial charge in [0.05, 0.1) is 17.1 Å². The summed E-state index contributed by atoms with van der Waals surface area (Å²) in [7, 11) is 3.15. The van der Waals surface area contributed by atoms with Gasteiger partial charge < -0.3 is 14.8 Å². The molecule has 1 N–H and O–H groups in total. The molecular formula is C11H18N4O4. The number of hydrogen-bond acceptors (Lipinski definition) is 7. The molecule has 0 bridgehead atoms. The van der Waals surface area contributed by atoms with Crippen molar-refractivity contribution in [1.29, 1.82) is 0 Å². The second-order valence-electron chi connectivity index (χ2n) is 4.45. The standard InChI is InChI=1S/C11H18N4O4/c1-11(2,18-4)5-6-19-10-8(15(16)17)9(12-3)13-7-14-10/h7H,5-6H2,1-4H3,(H,12,13,14). The third-order valence-electron chi connectivity index (χ3n) is 2.70. The van der Waals surface area contributed by atoms with Crippen molar-refractivity contribution in [3.05, 3.63) is 16.4 Å². The number of methoxy groups -OCH3 is 1. The van der Waals surface area contributed by atoms with E-state index in [1.165, 1.54) is 6.33 Å². The van der Waals surface area contributed by atoms with Gasteiger partial charge in [0.15, 0.2) is 0 Å². The molecule has 0 amide bonds. The van der Waals surface area contributed by atoms with Gasteiger partial charge in [-0.2, -0.15) is 4.98 Å². The van der Waals surface area contributed by atoms with Crippen molar-refractivity contribution < 1.29 is 14.4 Å². The number of nitrogens with zero attached hydrogens (tertiary/aromatic N) is 3. The number of hydrogen-bond donors (Lipinski definition) is 1. The summed E-state index contributed by atoms with van der Waals surface area (Å²) < 4.78 is 10.6. The predicted molar refractivity (Wildman–Crippen MR) is 69.4 cm³/mol. The average Bonchev–Trinajstić information content (AvgIpc) is 2.37. The lowest BCUT2D eigenvalue weighted by Gasteiger charge is -2.22. The Morgan fingerprint density at radius 3 is 2.68 bits per heavy atom. The molecule has 0 aromatic carbocycles. The summed E-state index contributed by atoms with van der Waals surface area (Å²) >= 11 is 0. The maximum Gasteiger partial charge on any atom is 0.372 e. The summed E-state index contributed by atoms with van der Waals surface area (Å²) in [5, 5.41) is 13.6. The van der Waals surface area contributed by atoms with Gasteiger partial charge in [-0.15, -0.1) is 0 Å². The highest BCUT2D eigenvalue weighted by Gasteiger charge is 2.24. The highest BCUT2D eigenvalue weighted by molar-refractivity contribution is 5.60. The lowest BCUT2D eigenvalue weighted by atomic mass is 10.1. The number of nitro groups is 1. The molecule has 1 aromatic heterocycles. The van der Waals surface area contributed by atoms with Crippen LogP contribution < -0.4 is 10.1 Å². The molecule has 8 heteroatoms. The molecule has 0 aliphatic carbocycles. The summed E-state index contributed by atoms with van der Waals surface area (Å²) in [6.07, 6.45) is 1.80. The van der Waals surface area contributed by atoms with Gasteiger partial charge in [0.2, 0.25) is 5.82 Å². The summed E-state index contributed by atoms with van der Waals surface area (Å²) in [5.74, 6) is 0.0808. The van der Waals surface area contributed by atoms with Gasteiger partial charge in [0.25, 0.3) is 5.88 Å². The van der Waals surface area contributed by atoms with Crippen molar-refractivity contribution in [1.82, 2.24) is 9.97 Å². The fourth-order valence-electron chi connectivity index (χ4n) is 1.31. The first-order chi connectivity index (χ1) is 8.91. The van der Waals surface area contributed by atoms with Crippen LogP contribution in [0.4, 0.5) is 11.5 Å². The predicted octanol–water partition coefficient (Wildman–Crippen LogP) is 1.62. The number of nitrogens with one attached hydrogen (secondary N) is 1. The molecule has 0 radical (unpaired) electrons. The number of anilines is 1. The molecule has 1 rings (SSSR count). The maximum atomic E-state index is 11.0. The van der Waals surface area contributed by atoms with E-state index in [-0.39, 0.29) is 29.6 Å². The normalized spacial score (nSPS) is 11.2. The molecule has 0 spiro atoms. The zero-order chi connectivity index (χ0) is 14.5. The van der Waals surface area contributed by atoms with Crippen molar-refractivity contribution in [3.8, 4) is 5.88 Å². The first-order valence-corrected chi connectivity index (χ1v) is 5.76. The monoisotopic (exact) mass is 270 g/mol. The fraction of sp³-hybridized carbons (Fsp3) is 0.636. The zero-order valence-electron chi connectivity index (χ0n) is 11.5. The summed E-state index contributed by atoms with van der Waals surface area (Å²) in [5.41, 5.74) is -0.617. The van der Waals surface area contributed by atoms with Crippen molar-refractivity contribution in [3.63, 3.8) is 0 Å². The minimum atomic E-state index is -0.567. The van der Waals surface area contributed by atoms with Crippen LogP contribution in [0.1, 0.15) is 20.3 Å². The first-order valence-electron chi connectivity index (χ1n) is 5.76. The van der Waals surface area contributed by atoms with Crippen LogP contribution in [0.2, 0.25) is 0 Å². The van der Waals surface area contributed by atoms with Gasteiger partial charge in [0, 0.05) is 20.6 Å². The Morgan fingerprint density at radius 1 is 1.47 bits per heavy atom. The molecule has 0 atom stereocenters. The Bertz CT molecular complexity index is 450. The van der Waals surface area contributed by atoms with E-state index < -0.39 is 4.92 Å². The quantitative estimate of drug-likeness (QED) is 0.593. The molecule has 1 heterocycles. The van der Waals surface area contributed by atoms with Crippen LogP contribution >= 0.6 is 0 Å². The number of rotatable bonds is 7. The van der Waals surface area contributed by atoms with Gasteiger partial charge in [0.1, 0.15) is 6.33 Å². The van der Waals surface area contributed by atoms with E-state index in [1.807, 2.05) is 13.8 Å². The van der Waals surface area contributed by atoms with Gasteiger partial charge in [-0.1, -0.05) is 0 Å². The zero-order valence-corrected chi connectivity index (χ0v) is 11.5. The molecule has 0 aliphatic heterocycles. The smallest absolute Gasteiger partial charge is 0.372 e. The second kappa shape index (κ2) is 6.28. The Balaban J connectivity index is 2.81. The molecule has 0 saturated carbocycles. The van der Waals surface area contributed by atoms with Crippen LogP contribution in [0.15, 0.2) is 6.33 Å². The molecule has 0 unspecified atom stereocenters. The van der Waals surface area contributed by atoms with Crippen LogP contribution in [-0.2, 0) is 4.74 Å². The summed E-state index contributed by atoms with van der Waals surface area (Å²) in [4.78, 5) is 18.0. The van der Waals surface area contributed by atoms with Crippen LogP contribution in [0.25, 0.3) is 0 Å². The van der Waals surface area contributed by atoms with Crippen LogP contribution in [0.5, 0.6) is 5.88 Å². The molecule has 0 aliphatic rings. The van der Waals surface area contributed by atoms with Gasteiger partial charge in [-0.25, -0.2) is 4.98 Å². The Kier molecular flexibility index (Phi) is 4.99. The van der Waals surface area contributed by atoms with E-state index in [2.05, 4.69) is 15.3 Å². The molecule has 0 saturated heterocycles. The van der Waals surface area contributed by atoms with E-state index in [9.17, 15) is 10.1 Å². The molecular weight excluding hydrogens is 252 g/mol. The van der Waals surface area contributed by atoms with E-state index >= 15 is 0 Å². The van der Waals surface area contributed by atoms with Crippen molar-refractivity contribution >= 4 is 11.5 Å². The molecule has 8 nitrogen and oxygen atoms in total. The lowest BCUT2D eigenvalue weighted by Crippen LogP contribution is -2.25. The van der Waals surface area contributed by atoms with Crippen molar-refractivity contribution in [2.24, 2.45) is 0 Å². The van der Waals surface area contributed by atoms with E-state index in [0.29, 0.717) is 6.42 Å². The fourth-order valence-corrected chi connectivity index (χ4v) is 1.31. The van der Waals surface area contributed by atoms with Crippen molar-refractivity contribution in [2.75, 3.05) is 26.1 Å². The summed E-state index contributed by atoms with van der Waals surface area (Å²) in [6.45, 7) is 4.08. The molecule has 0 fully saturated rings. The highest BCUT2D eigenvalue weighted by atomic mass is 16.6. The highest BCUT2D eigenvalue weighted by Crippen LogP contribution is 2.30. The third-order valence-corrected chi connectivity index (χ3v) is 2.70. The lowest BCUT2D eigenvalue weighted by molar-refractivity contribution is -0.385. The largest absolute Gasteiger partial charge is 0.473 e. The minimum Gasteiger partial charge on any atom is -0.473 e. The van der Waals surface area contributed by atoms with Crippen LogP contribution in [0.3, 0.4) is 0 Å². The average molecular weight is 270 g/mol. The SMILES string of the molecule is CNc1ncnc(OCCC(C)(C)OC)c1[N+](=O)[O-]. The third kappa shape index (κ3) is 4.02. The topological polar surface area (TPSA) is 99.4 Å². The molecule has 1 aromatic rings. The Hall–Kier alpha value is -1.96. The van der Waals surface area contributed by atoms with Crippen molar-refractivity contribution in [2.45, 2.75) is 25.9 Å². The van der Waals surface area contributed by atoms with Crippen LogP contribution in [0, 0.1) is 10.1 Å². The molecule has 19 heavy (non-hydrogen) atoms. The van der Waals surface area contributed by atoms with E-state index in [4.69, 9.17) is 9.47 Å². The number of ether oxygens (including phenoxy) is 2. The number of aromatic nitrogens is 2. The first kappa shape index (κ1) is 15.1. The second-order valence-corrected chi connectivity index (χ2v) is 4.45.